The molecule has 1 aromatic carbocycles. The average molecular weight is 357 g/mol. The van der Waals surface area contributed by atoms with E-state index in [0.717, 1.165) is 0 Å². The molecule has 0 aliphatic carbocycles. The summed E-state index contributed by atoms with van der Waals surface area (Å²) in [6.45, 7) is 1.48. The molecule has 3 aromatic rings. The molecule has 8 heteroatoms. The van der Waals surface area contributed by atoms with Gasteiger partial charge in [0, 0.05) is 11.1 Å². The van der Waals surface area contributed by atoms with E-state index in [9.17, 15) is 9.59 Å². The topological polar surface area (TPSA) is 94.3 Å². The molecule has 0 bridgehead atoms. The number of ketones is 1. The number of furan rings is 1. The van der Waals surface area contributed by atoms with Crippen LogP contribution in [0, 0.1) is 0 Å². The van der Waals surface area contributed by atoms with Gasteiger partial charge in [-0.3, -0.25) is 9.59 Å². The number of hydrogen-bond acceptors (Lipinski definition) is 7. The minimum Gasteiger partial charge on any atom is -0.496 e. The lowest BCUT2D eigenvalue weighted by molar-refractivity contribution is -0.115. The average Bonchev–Trinajstić information content (AvgIpc) is 3.25. The number of carbonyl (C=O) groups is 2. The van der Waals surface area contributed by atoms with E-state index in [1.807, 2.05) is 0 Å². The molecule has 2 aromatic heterocycles. The Hall–Kier alpha value is -3.00. The Kier molecular flexibility index (Phi) is 4.90. The molecule has 1 N–H and O–H groups in total. The van der Waals surface area contributed by atoms with E-state index in [1.165, 1.54) is 25.4 Å². The smallest absolute Gasteiger partial charge is 0.230 e. The van der Waals surface area contributed by atoms with Gasteiger partial charge in [0.25, 0.3) is 0 Å². The van der Waals surface area contributed by atoms with Crippen molar-refractivity contribution in [3.05, 3.63) is 47.7 Å². The maximum Gasteiger partial charge on any atom is 0.230 e. The van der Waals surface area contributed by atoms with Gasteiger partial charge < -0.3 is 14.5 Å². The lowest BCUT2D eigenvalue weighted by atomic mass is 10.0. The zero-order valence-electron chi connectivity index (χ0n) is 13.6. The maximum absolute atomic E-state index is 12.3. The van der Waals surface area contributed by atoms with Crippen LogP contribution in [0.25, 0.3) is 10.8 Å². The normalized spacial score (nSPS) is 10.5. The number of ether oxygens (including phenoxy) is 1. The van der Waals surface area contributed by atoms with Crippen LogP contribution in [0.15, 0.2) is 41.0 Å². The molecule has 0 aliphatic heterocycles. The predicted octanol–water partition coefficient (Wildman–Crippen LogP) is 3.19. The van der Waals surface area contributed by atoms with Crippen LogP contribution >= 0.6 is 11.3 Å². The SMILES string of the molecule is COc1ccc(C(C)=O)cc1CC(=O)Nc1nnc(-c2ccco2)s1. The van der Waals surface area contributed by atoms with Crippen molar-refractivity contribution in [3.8, 4) is 16.5 Å². The fraction of sp³-hybridized carbons (Fsp3) is 0.176. The molecule has 0 saturated heterocycles. The van der Waals surface area contributed by atoms with Gasteiger partial charge in [0.2, 0.25) is 11.0 Å². The number of benzene rings is 1. The van der Waals surface area contributed by atoms with Crippen molar-refractivity contribution in [2.45, 2.75) is 13.3 Å². The number of Topliss-reactive ketones (excluding diaryl/α,β-unsaturated/α-hetero) is 1. The minimum atomic E-state index is -0.277. The number of amides is 1. The Bertz CT molecular complexity index is 903. The number of hydrogen-bond donors (Lipinski definition) is 1. The zero-order valence-corrected chi connectivity index (χ0v) is 14.4. The molecule has 128 valence electrons. The molecule has 0 unspecified atom stereocenters. The molecule has 7 nitrogen and oxygen atoms in total. The van der Waals surface area contributed by atoms with Crippen LogP contribution in [0.3, 0.4) is 0 Å². The van der Waals surface area contributed by atoms with Gasteiger partial charge in [-0.05, 0) is 37.3 Å². The Morgan fingerprint density at radius 2 is 2.12 bits per heavy atom. The first-order valence-electron chi connectivity index (χ1n) is 7.42. The second-order valence-electron chi connectivity index (χ2n) is 5.20. The van der Waals surface area contributed by atoms with Crippen molar-refractivity contribution in [2.24, 2.45) is 0 Å². The number of rotatable bonds is 6. The zero-order chi connectivity index (χ0) is 17.8. The van der Waals surface area contributed by atoms with Crippen molar-refractivity contribution in [2.75, 3.05) is 12.4 Å². The molecule has 0 radical (unpaired) electrons. The standard InChI is InChI=1S/C17H15N3O4S/c1-10(21)11-5-6-13(23-2)12(8-11)9-15(22)18-17-20-19-16(25-17)14-4-3-7-24-14/h3-8H,9H2,1-2H3,(H,18,20,22). The second kappa shape index (κ2) is 7.27. The number of nitrogens with one attached hydrogen (secondary N) is 1. The van der Waals surface area contributed by atoms with Crippen molar-refractivity contribution in [1.82, 2.24) is 10.2 Å². The molecule has 0 fully saturated rings. The first-order valence-corrected chi connectivity index (χ1v) is 8.23. The van der Waals surface area contributed by atoms with Crippen molar-refractivity contribution in [1.29, 1.82) is 0 Å². The number of aromatic nitrogens is 2. The van der Waals surface area contributed by atoms with Crippen molar-refractivity contribution < 1.29 is 18.7 Å². The lowest BCUT2D eigenvalue weighted by Gasteiger charge is -2.09. The molecule has 0 saturated carbocycles. The van der Waals surface area contributed by atoms with Gasteiger partial charge >= 0.3 is 0 Å². The third-order valence-corrected chi connectivity index (χ3v) is 4.29. The van der Waals surface area contributed by atoms with Crippen LogP contribution in [0.2, 0.25) is 0 Å². The number of carbonyl (C=O) groups excluding carboxylic acids is 2. The van der Waals surface area contributed by atoms with Crippen LogP contribution in [0.5, 0.6) is 5.75 Å². The predicted molar refractivity (Wildman–Crippen MR) is 92.9 cm³/mol. The summed E-state index contributed by atoms with van der Waals surface area (Å²) in [4.78, 5) is 23.8. The largest absolute Gasteiger partial charge is 0.496 e. The summed E-state index contributed by atoms with van der Waals surface area (Å²) in [7, 11) is 1.52. The third kappa shape index (κ3) is 3.92. The first kappa shape index (κ1) is 16.8. The van der Waals surface area contributed by atoms with Crippen LogP contribution in [-0.4, -0.2) is 29.0 Å². The third-order valence-electron chi connectivity index (χ3n) is 3.44. The van der Waals surface area contributed by atoms with E-state index in [0.29, 0.717) is 32.8 Å². The van der Waals surface area contributed by atoms with Crippen LogP contribution in [-0.2, 0) is 11.2 Å². The lowest BCUT2D eigenvalue weighted by Crippen LogP contribution is -2.15. The molecular formula is C17H15N3O4S. The van der Waals surface area contributed by atoms with E-state index >= 15 is 0 Å². The van der Waals surface area contributed by atoms with Crippen LogP contribution in [0.4, 0.5) is 5.13 Å². The summed E-state index contributed by atoms with van der Waals surface area (Å²) >= 11 is 1.21. The number of anilines is 1. The quantitative estimate of drug-likeness (QED) is 0.681. The molecule has 0 spiro atoms. The monoisotopic (exact) mass is 357 g/mol. The van der Waals surface area contributed by atoms with E-state index in [2.05, 4.69) is 15.5 Å². The molecule has 25 heavy (non-hydrogen) atoms. The van der Waals surface area contributed by atoms with E-state index in [4.69, 9.17) is 9.15 Å². The van der Waals surface area contributed by atoms with Gasteiger partial charge in [-0.25, -0.2) is 0 Å². The highest BCUT2D eigenvalue weighted by molar-refractivity contribution is 7.18. The highest BCUT2D eigenvalue weighted by atomic mass is 32.1. The van der Waals surface area contributed by atoms with Gasteiger partial charge in [0.05, 0.1) is 19.8 Å². The first-order chi connectivity index (χ1) is 12.1. The van der Waals surface area contributed by atoms with E-state index < -0.39 is 0 Å². The summed E-state index contributed by atoms with van der Waals surface area (Å²) in [5, 5.41) is 11.6. The molecular weight excluding hydrogens is 342 g/mol. The van der Waals surface area contributed by atoms with Gasteiger partial charge in [-0.15, -0.1) is 10.2 Å². The molecule has 2 heterocycles. The van der Waals surface area contributed by atoms with E-state index in [-0.39, 0.29) is 18.1 Å². The molecule has 0 atom stereocenters. The van der Waals surface area contributed by atoms with Gasteiger partial charge in [0.15, 0.2) is 16.6 Å². The molecule has 0 aliphatic rings. The summed E-state index contributed by atoms with van der Waals surface area (Å²) < 4.78 is 10.5. The Morgan fingerprint density at radius 1 is 1.28 bits per heavy atom. The fourth-order valence-corrected chi connectivity index (χ4v) is 2.97. The minimum absolute atomic E-state index is 0.0555. The Labute approximate surface area is 147 Å². The summed E-state index contributed by atoms with van der Waals surface area (Å²) in [6.07, 6.45) is 1.60. The van der Waals surface area contributed by atoms with Gasteiger partial charge in [0.1, 0.15) is 5.75 Å². The Balaban J connectivity index is 1.72. The molecule has 3 rings (SSSR count). The van der Waals surface area contributed by atoms with E-state index in [1.54, 1.807) is 36.6 Å². The van der Waals surface area contributed by atoms with Crippen LogP contribution in [0.1, 0.15) is 22.8 Å². The maximum atomic E-state index is 12.3. The summed E-state index contributed by atoms with van der Waals surface area (Å²) in [6, 6.07) is 8.53. The van der Waals surface area contributed by atoms with Crippen molar-refractivity contribution >= 4 is 28.2 Å². The van der Waals surface area contributed by atoms with Crippen LogP contribution < -0.4 is 10.1 Å². The summed E-state index contributed by atoms with van der Waals surface area (Å²) in [5.41, 5.74) is 1.16. The highest BCUT2D eigenvalue weighted by Crippen LogP contribution is 2.27. The van der Waals surface area contributed by atoms with Crippen molar-refractivity contribution in [3.63, 3.8) is 0 Å². The van der Waals surface area contributed by atoms with Gasteiger partial charge in [-0.1, -0.05) is 11.3 Å². The number of nitrogens with zero attached hydrogens (tertiary/aromatic N) is 2. The highest BCUT2D eigenvalue weighted by Gasteiger charge is 2.14. The second-order valence-corrected chi connectivity index (χ2v) is 6.17. The number of methoxy groups -OCH3 is 1. The molecule has 1 amide bonds. The fourth-order valence-electron chi connectivity index (χ4n) is 2.25. The van der Waals surface area contributed by atoms with Gasteiger partial charge in [-0.2, -0.15) is 0 Å². The Morgan fingerprint density at radius 3 is 2.80 bits per heavy atom. The summed E-state index contributed by atoms with van der Waals surface area (Å²) in [5.74, 6) is 0.792.